The highest BCUT2D eigenvalue weighted by Gasteiger charge is 2.16. The minimum Gasteiger partial charge on any atom is -0.272 e. The monoisotopic (exact) mass is 217 g/mol. The summed E-state index contributed by atoms with van der Waals surface area (Å²) in [5, 5.41) is 1.53. The number of carbonyl (C=O) groups is 1. The summed E-state index contributed by atoms with van der Waals surface area (Å²) >= 11 is 1.71. The van der Waals surface area contributed by atoms with Gasteiger partial charge in [-0.1, -0.05) is 13.3 Å². The summed E-state index contributed by atoms with van der Waals surface area (Å²) < 4.78 is 0. The Kier molecular flexibility index (Phi) is 6.03. The molecule has 0 unspecified atom stereocenters. The first-order chi connectivity index (χ1) is 6.84. The first-order valence-electron chi connectivity index (χ1n) is 5.35. The van der Waals surface area contributed by atoms with Gasteiger partial charge in [-0.3, -0.25) is 9.63 Å². The van der Waals surface area contributed by atoms with Crippen molar-refractivity contribution in [1.29, 1.82) is 0 Å². The molecule has 0 N–H and O–H groups in total. The molecule has 4 heteroatoms. The lowest BCUT2D eigenvalue weighted by atomic mass is 10.3. The fourth-order valence-electron chi connectivity index (χ4n) is 1.27. The lowest BCUT2D eigenvalue weighted by molar-refractivity contribution is -0.194. The lowest BCUT2D eigenvalue weighted by Gasteiger charge is -2.25. The molecule has 82 valence electrons. The zero-order valence-electron chi connectivity index (χ0n) is 8.83. The molecule has 0 aromatic heterocycles. The number of unbranched alkanes of at least 4 members (excludes halogenated alkanes) is 1. The van der Waals surface area contributed by atoms with Crippen molar-refractivity contribution in [1.82, 2.24) is 5.06 Å². The Balaban J connectivity index is 2.07. The second-order valence-electron chi connectivity index (χ2n) is 3.44. The largest absolute Gasteiger partial charge is 0.272 e. The van der Waals surface area contributed by atoms with Gasteiger partial charge in [0.2, 0.25) is 0 Å². The highest BCUT2D eigenvalue weighted by atomic mass is 32.2. The number of thioether (sulfide) groups is 1. The molecule has 14 heavy (non-hydrogen) atoms. The van der Waals surface area contributed by atoms with Gasteiger partial charge in [0, 0.05) is 6.54 Å². The van der Waals surface area contributed by atoms with Gasteiger partial charge in [0.15, 0.2) is 0 Å². The third-order valence-electron chi connectivity index (χ3n) is 2.15. The molecule has 1 heterocycles. The molecule has 0 radical (unpaired) electrons. The molecule has 1 rings (SSSR count). The zero-order valence-corrected chi connectivity index (χ0v) is 9.65. The van der Waals surface area contributed by atoms with E-state index in [1.54, 1.807) is 11.8 Å². The summed E-state index contributed by atoms with van der Waals surface area (Å²) in [5.74, 6) is 1.78. The van der Waals surface area contributed by atoms with E-state index in [1.165, 1.54) is 17.9 Å². The summed E-state index contributed by atoms with van der Waals surface area (Å²) in [6, 6.07) is 0. The van der Waals surface area contributed by atoms with Crippen molar-refractivity contribution in [2.24, 2.45) is 0 Å². The molecule has 0 aliphatic carbocycles. The topological polar surface area (TPSA) is 29.5 Å². The van der Waals surface area contributed by atoms with Crippen LogP contribution < -0.4 is 0 Å². The number of hydroxylamine groups is 2. The molecule has 1 amide bonds. The average Bonchev–Trinajstić information content (AvgIpc) is 2.25. The first-order valence-corrected chi connectivity index (χ1v) is 6.51. The van der Waals surface area contributed by atoms with Crippen LogP contribution in [0.3, 0.4) is 0 Å². The normalized spacial score (nSPS) is 17.1. The molecule has 1 aliphatic rings. The van der Waals surface area contributed by atoms with E-state index in [9.17, 15) is 4.79 Å². The summed E-state index contributed by atoms with van der Waals surface area (Å²) in [6.45, 7) is 3.63. The van der Waals surface area contributed by atoms with Crippen LogP contribution >= 0.6 is 11.8 Å². The van der Waals surface area contributed by atoms with Crippen molar-refractivity contribution in [3.63, 3.8) is 0 Å². The molecular weight excluding hydrogens is 198 g/mol. The maximum atomic E-state index is 11.5. The van der Waals surface area contributed by atoms with Crippen LogP contribution in [0, 0.1) is 0 Å². The zero-order chi connectivity index (χ0) is 10.2. The Bertz CT molecular complexity index is 170. The minimum absolute atomic E-state index is 0.130. The van der Waals surface area contributed by atoms with E-state index in [0.29, 0.717) is 12.4 Å². The molecule has 1 fully saturated rings. The first kappa shape index (κ1) is 11.9. The maximum absolute atomic E-state index is 11.5. The molecule has 1 saturated heterocycles. The highest BCUT2D eigenvalue weighted by molar-refractivity contribution is 7.99. The van der Waals surface area contributed by atoms with Crippen LogP contribution in [0.4, 0.5) is 0 Å². The molecule has 0 aromatic carbocycles. The number of carbonyl (C=O) groups excluding carboxylic acids is 1. The van der Waals surface area contributed by atoms with Crippen LogP contribution in [-0.4, -0.2) is 35.6 Å². The van der Waals surface area contributed by atoms with Gasteiger partial charge in [-0.05, 0) is 25.0 Å². The Morgan fingerprint density at radius 3 is 3.00 bits per heavy atom. The van der Waals surface area contributed by atoms with Gasteiger partial charge < -0.3 is 0 Å². The van der Waals surface area contributed by atoms with Gasteiger partial charge in [0.1, 0.15) is 0 Å². The summed E-state index contributed by atoms with van der Waals surface area (Å²) in [6.07, 6.45) is 4.54. The van der Waals surface area contributed by atoms with E-state index >= 15 is 0 Å². The summed E-state index contributed by atoms with van der Waals surface area (Å²) in [4.78, 5) is 16.8. The molecule has 0 atom stereocenters. The van der Waals surface area contributed by atoms with E-state index in [4.69, 9.17) is 4.84 Å². The van der Waals surface area contributed by atoms with Gasteiger partial charge in [-0.15, -0.1) is 0 Å². The number of nitrogens with zero attached hydrogens (tertiary/aromatic N) is 1. The number of amides is 1. The number of hydrogen-bond acceptors (Lipinski definition) is 3. The van der Waals surface area contributed by atoms with Gasteiger partial charge in [-0.2, -0.15) is 11.8 Å². The quantitative estimate of drug-likeness (QED) is 0.660. The van der Waals surface area contributed by atoms with E-state index in [0.717, 1.165) is 25.1 Å². The predicted molar refractivity (Wildman–Crippen MR) is 59.1 cm³/mol. The Hall–Kier alpha value is -0.220. The van der Waals surface area contributed by atoms with E-state index < -0.39 is 0 Å². The predicted octanol–water partition coefficient (Wildman–Crippen LogP) is 2.07. The Morgan fingerprint density at radius 1 is 1.50 bits per heavy atom. The third kappa shape index (κ3) is 4.33. The van der Waals surface area contributed by atoms with Crippen molar-refractivity contribution in [2.75, 3.05) is 24.7 Å². The van der Waals surface area contributed by atoms with Gasteiger partial charge in [0.05, 0.1) is 12.4 Å². The molecule has 0 spiro atoms. The molecule has 1 aliphatic heterocycles. The molecule has 0 saturated carbocycles. The molecule has 3 nitrogen and oxygen atoms in total. The van der Waals surface area contributed by atoms with E-state index in [2.05, 4.69) is 6.92 Å². The fourth-order valence-corrected chi connectivity index (χ4v) is 2.23. The second kappa shape index (κ2) is 7.12. The number of hydrogen-bond donors (Lipinski definition) is 0. The van der Waals surface area contributed by atoms with Crippen molar-refractivity contribution < 1.29 is 9.63 Å². The van der Waals surface area contributed by atoms with Crippen LogP contribution in [0.15, 0.2) is 0 Å². The van der Waals surface area contributed by atoms with Crippen LogP contribution in [0.2, 0.25) is 0 Å². The van der Waals surface area contributed by atoms with Crippen LogP contribution in [-0.2, 0) is 9.63 Å². The lowest BCUT2D eigenvalue weighted by Crippen LogP contribution is -2.36. The third-order valence-corrected chi connectivity index (χ3v) is 3.18. The summed E-state index contributed by atoms with van der Waals surface area (Å²) in [7, 11) is 0. The number of rotatable bonds is 5. The highest BCUT2D eigenvalue weighted by Crippen LogP contribution is 2.10. The van der Waals surface area contributed by atoms with Gasteiger partial charge in [-0.25, -0.2) is 5.06 Å². The van der Waals surface area contributed by atoms with Crippen molar-refractivity contribution in [3.8, 4) is 0 Å². The second-order valence-corrected chi connectivity index (χ2v) is 4.55. The summed E-state index contributed by atoms with van der Waals surface area (Å²) in [5.41, 5.74) is 0. The average molecular weight is 217 g/mol. The van der Waals surface area contributed by atoms with Gasteiger partial charge >= 0.3 is 0 Å². The van der Waals surface area contributed by atoms with Gasteiger partial charge in [0.25, 0.3) is 5.91 Å². The Morgan fingerprint density at radius 2 is 2.36 bits per heavy atom. The molecule has 0 aromatic rings. The standard InChI is InChI=1S/C10H19NO2S/c1-2-3-8-14-9-10(12)11-6-4-5-7-13-11/h2-9H2,1H3. The maximum Gasteiger partial charge on any atom is 0.256 e. The van der Waals surface area contributed by atoms with Crippen molar-refractivity contribution in [3.05, 3.63) is 0 Å². The molecule has 0 bridgehead atoms. The van der Waals surface area contributed by atoms with Crippen LogP contribution in [0.5, 0.6) is 0 Å². The minimum atomic E-state index is 0.130. The van der Waals surface area contributed by atoms with E-state index in [-0.39, 0.29) is 5.91 Å². The fraction of sp³-hybridized carbons (Fsp3) is 0.900. The smallest absolute Gasteiger partial charge is 0.256 e. The molecular formula is C10H19NO2S. The Labute approximate surface area is 90.1 Å². The van der Waals surface area contributed by atoms with E-state index in [1.807, 2.05) is 0 Å². The SMILES string of the molecule is CCCCSCC(=O)N1CCCCO1. The van der Waals surface area contributed by atoms with Crippen molar-refractivity contribution in [2.45, 2.75) is 32.6 Å². The van der Waals surface area contributed by atoms with Crippen LogP contribution in [0.25, 0.3) is 0 Å². The van der Waals surface area contributed by atoms with Crippen molar-refractivity contribution >= 4 is 17.7 Å². The van der Waals surface area contributed by atoms with Crippen LogP contribution in [0.1, 0.15) is 32.6 Å².